The highest BCUT2D eigenvalue weighted by Crippen LogP contribution is 2.18. The Morgan fingerprint density at radius 2 is 2.22 bits per heavy atom. The third-order valence-electron chi connectivity index (χ3n) is 4.27. The summed E-state index contributed by atoms with van der Waals surface area (Å²) in [7, 11) is 1.87. The molecule has 1 atom stereocenters. The van der Waals surface area contributed by atoms with Crippen LogP contribution < -0.4 is 5.32 Å². The number of aliphatic imine (C=N–C) groups is 1. The zero-order valence-electron chi connectivity index (χ0n) is 14.7. The summed E-state index contributed by atoms with van der Waals surface area (Å²) < 4.78 is 0. The number of likely N-dealkylation sites (tertiary alicyclic amines) is 1. The minimum Gasteiger partial charge on any atom is -0.350 e. The van der Waals surface area contributed by atoms with Crippen molar-refractivity contribution in [1.29, 1.82) is 0 Å². The van der Waals surface area contributed by atoms with Gasteiger partial charge in [-0.3, -0.25) is 4.99 Å². The van der Waals surface area contributed by atoms with Gasteiger partial charge in [-0.2, -0.15) is 0 Å². The quantitative estimate of drug-likeness (QED) is 0.411. The highest BCUT2D eigenvalue weighted by Gasteiger charge is 2.25. The highest BCUT2D eigenvalue weighted by atomic mass is 127. The van der Waals surface area contributed by atoms with Gasteiger partial charge in [0.15, 0.2) is 5.96 Å². The number of aryl methyl sites for hydroxylation is 1. The largest absolute Gasteiger partial charge is 0.350 e. The third-order valence-corrected chi connectivity index (χ3v) is 5.19. The summed E-state index contributed by atoms with van der Waals surface area (Å²) in [6.07, 6.45) is 3.19. The predicted molar refractivity (Wildman–Crippen MR) is 110 cm³/mol. The molecule has 0 bridgehead atoms. The number of nitrogens with one attached hydrogen (secondary N) is 1. The van der Waals surface area contributed by atoms with Crippen LogP contribution in [0, 0.1) is 12.8 Å². The molecule has 132 valence electrons. The van der Waals surface area contributed by atoms with Crippen molar-refractivity contribution in [2.75, 3.05) is 39.8 Å². The van der Waals surface area contributed by atoms with Gasteiger partial charge < -0.3 is 15.1 Å². The van der Waals surface area contributed by atoms with Gasteiger partial charge in [-0.1, -0.05) is 13.8 Å². The molecule has 2 heterocycles. The van der Waals surface area contributed by atoms with Gasteiger partial charge in [0.1, 0.15) is 5.01 Å². The predicted octanol–water partition coefficient (Wildman–Crippen LogP) is 2.81. The average Bonchev–Trinajstić information content (AvgIpc) is 3.15. The van der Waals surface area contributed by atoms with Crippen LogP contribution in [-0.4, -0.2) is 60.5 Å². The molecule has 23 heavy (non-hydrogen) atoms. The molecule has 1 saturated heterocycles. The Hall–Kier alpha value is -0.410. The Balaban J connectivity index is 0.00000264. The summed E-state index contributed by atoms with van der Waals surface area (Å²) in [5, 5.41) is 4.58. The van der Waals surface area contributed by atoms with Gasteiger partial charge >= 0.3 is 0 Å². The van der Waals surface area contributed by atoms with E-state index in [1.54, 1.807) is 11.3 Å². The molecule has 5 nitrogen and oxygen atoms in total. The van der Waals surface area contributed by atoms with Crippen LogP contribution in [0.2, 0.25) is 0 Å². The highest BCUT2D eigenvalue weighted by molar-refractivity contribution is 14.0. The van der Waals surface area contributed by atoms with Crippen molar-refractivity contribution >= 4 is 41.3 Å². The number of hydrogen-bond donors (Lipinski definition) is 1. The molecule has 0 radical (unpaired) electrons. The molecule has 7 heteroatoms. The molecule has 1 aromatic rings. The van der Waals surface area contributed by atoms with Crippen molar-refractivity contribution in [2.24, 2.45) is 10.9 Å². The maximum atomic E-state index is 4.44. The van der Waals surface area contributed by atoms with E-state index >= 15 is 0 Å². The number of nitrogens with zero attached hydrogens (tertiary/aromatic N) is 4. The van der Waals surface area contributed by atoms with E-state index < -0.39 is 0 Å². The Bertz CT molecular complexity index is 487. The lowest BCUT2D eigenvalue weighted by Gasteiger charge is -2.24. The smallest absolute Gasteiger partial charge is 0.194 e. The number of hydrogen-bond acceptors (Lipinski definition) is 4. The van der Waals surface area contributed by atoms with Gasteiger partial charge in [-0.25, -0.2) is 4.98 Å². The van der Waals surface area contributed by atoms with E-state index in [2.05, 4.69) is 45.9 Å². The molecular weight excluding hydrogens is 421 g/mol. The summed E-state index contributed by atoms with van der Waals surface area (Å²) in [6, 6.07) is 0. The monoisotopic (exact) mass is 451 g/mol. The van der Waals surface area contributed by atoms with Crippen molar-refractivity contribution in [2.45, 2.75) is 33.7 Å². The van der Waals surface area contributed by atoms with Gasteiger partial charge in [0.25, 0.3) is 0 Å². The number of rotatable bonds is 6. The van der Waals surface area contributed by atoms with Crippen molar-refractivity contribution < 1.29 is 0 Å². The number of aromatic nitrogens is 1. The Kier molecular flexibility index (Phi) is 9.38. The second-order valence-electron chi connectivity index (χ2n) is 5.85. The fourth-order valence-corrected chi connectivity index (χ4v) is 3.72. The van der Waals surface area contributed by atoms with Crippen molar-refractivity contribution in [3.63, 3.8) is 0 Å². The van der Waals surface area contributed by atoms with Crippen molar-refractivity contribution in [1.82, 2.24) is 20.1 Å². The normalized spacial score (nSPS) is 18.4. The fraction of sp³-hybridized carbons (Fsp3) is 0.750. The maximum absolute atomic E-state index is 4.44. The molecular formula is C16H30IN5S. The average molecular weight is 451 g/mol. The molecule has 0 aliphatic carbocycles. The first kappa shape index (κ1) is 20.6. The van der Waals surface area contributed by atoms with Crippen LogP contribution in [0.25, 0.3) is 0 Å². The molecule has 1 N–H and O–H groups in total. The van der Waals surface area contributed by atoms with Crippen LogP contribution in [0.5, 0.6) is 0 Å². The minimum absolute atomic E-state index is 0. The molecule has 1 aliphatic rings. The summed E-state index contributed by atoms with van der Waals surface area (Å²) in [4.78, 5) is 15.0. The van der Waals surface area contributed by atoms with E-state index in [9.17, 15) is 0 Å². The van der Waals surface area contributed by atoms with Crippen LogP contribution in [0.3, 0.4) is 0 Å². The first-order chi connectivity index (χ1) is 10.7. The van der Waals surface area contributed by atoms with E-state index in [0.717, 1.165) is 49.6 Å². The van der Waals surface area contributed by atoms with Gasteiger partial charge in [-0.05, 0) is 32.4 Å². The topological polar surface area (TPSA) is 43.8 Å². The summed E-state index contributed by atoms with van der Waals surface area (Å²) >= 11 is 1.74. The molecule has 2 rings (SSSR count). The molecule has 0 spiro atoms. The molecule has 1 aromatic heterocycles. The second kappa shape index (κ2) is 10.5. The van der Waals surface area contributed by atoms with Crippen LogP contribution in [0.4, 0.5) is 0 Å². The Morgan fingerprint density at radius 3 is 2.78 bits per heavy atom. The van der Waals surface area contributed by atoms with E-state index in [4.69, 9.17) is 0 Å². The summed E-state index contributed by atoms with van der Waals surface area (Å²) in [5.41, 5.74) is 0. The maximum Gasteiger partial charge on any atom is 0.194 e. The Morgan fingerprint density at radius 1 is 1.48 bits per heavy atom. The van der Waals surface area contributed by atoms with Crippen LogP contribution in [-0.2, 0) is 6.54 Å². The first-order valence-electron chi connectivity index (χ1n) is 8.25. The molecule has 1 aliphatic heterocycles. The van der Waals surface area contributed by atoms with E-state index in [-0.39, 0.29) is 24.0 Å². The molecule has 1 fully saturated rings. The van der Waals surface area contributed by atoms with E-state index in [1.807, 2.05) is 13.2 Å². The summed E-state index contributed by atoms with van der Waals surface area (Å²) in [5.74, 6) is 1.76. The third kappa shape index (κ3) is 6.19. The van der Waals surface area contributed by atoms with Gasteiger partial charge in [0, 0.05) is 37.8 Å². The lowest BCUT2D eigenvalue weighted by atomic mass is 10.1. The van der Waals surface area contributed by atoms with Gasteiger partial charge in [0.05, 0.1) is 6.54 Å². The molecule has 1 unspecified atom stereocenters. The van der Waals surface area contributed by atoms with Crippen LogP contribution >= 0.6 is 35.3 Å². The standard InChI is InChI=1S/C16H29N5S.HI/c1-5-20(6-2)11-14-7-8-21(12-14)16(17-4)19-10-15-18-9-13(3)22-15;/h9,14H,5-8,10-12H2,1-4H3,(H,17,19);1H. The first-order valence-corrected chi connectivity index (χ1v) is 9.07. The SMILES string of the molecule is CCN(CC)CC1CCN(C(=NC)NCc2ncc(C)s2)C1.I. The van der Waals surface area contributed by atoms with Crippen molar-refractivity contribution in [3.05, 3.63) is 16.1 Å². The zero-order chi connectivity index (χ0) is 15.9. The lowest BCUT2D eigenvalue weighted by molar-refractivity contribution is 0.255. The molecule has 0 aromatic carbocycles. The van der Waals surface area contributed by atoms with E-state index in [0.29, 0.717) is 0 Å². The minimum atomic E-state index is 0. The second-order valence-corrected chi connectivity index (χ2v) is 7.17. The number of guanidine groups is 1. The van der Waals surface area contributed by atoms with E-state index in [1.165, 1.54) is 17.8 Å². The zero-order valence-corrected chi connectivity index (χ0v) is 17.9. The molecule has 0 saturated carbocycles. The fourth-order valence-electron chi connectivity index (χ4n) is 2.99. The van der Waals surface area contributed by atoms with Crippen LogP contribution in [0.15, 0.2) is 11.2 Å². The Labute approximate surface area is 161 Å². The van der Waals surface area contributed by atoms with Crippen molar-refractivity contribution in [3.8, 4) is 0 Å². The number of halogens is 1. The van der Waals surface area contributed by atoms with Gasteiger partial charge in [-0.15, -0.1) is 35.3 Å². The van der Waals surface area contributed by atoms with Gasteiger partial charge in [0.2, 0.25) is 0 Å². The molecule has 0 amide bonds. The summed E-state index contributed by atoms with van der Waals surface area (Å²) in [6.45, 7) is 13.0. The van der Waals surface area contributed by atoms with Crippen LogP contribution in [0.1, 0.15) is 30.2 Å². The lowest BCUT2D eigenvalue weighted by Crippen LogP contribution is -2.40. The number of thiazole rings is 1.